The number of fused-ring (bicyclic) bond motifs is 10. The molecule has 29 heavy (non-hydrogen) atoms. The molecule has 0 saturated heterocycles. The molecular formula is C28H20S. The van der Waals surface area contributed by atoms with Crippen LogP contribution in [0.15, 0.2) is 72.8 Å². The summed E-state index contributed by atoms with van der Waals surface area (Å²) in [4.78, 5) is 0. The number of hydrogen-bond acceptors (Lipinski definition) is 1. The highest BCUT2D eigenvalue weighted by molar-refractivity contribution is 7.26. The van der Waals surface area contributed by atoms with Crippen LogP contribution >= 0.6 is 11.3 Å². The van der Waals surface area contributed by atoms with Crippen LogP contribution in [0.25, 0.3) is 42.4 Å². The first-order valence-corrected chi connectivity index (χ1v) is 11.2. The quantitative estimate of drug-likeness (QED) is 0.248. The summed E-state index contributed by atoms with van der Waals surface area (Å²) < 4.78 is 2.88. The minimum atomic E-state index is 0.0433. The van der Waals surface area contributed by atoms with E-state index in [2.05, 4.69) is 86.6 Å². The molecule has 0 N–H and O–H groups in total. The Hall–Kier alpha value is -2.90. The molecule has 2 aliphatic rings. The Labute approximate surface area is 174 Å². The summed E-state index contributed by atoms with van der Waals surface area (Å²) in [6, 6.07) is 27.4. The summed E-state index contributed by atoms with van der Waals surface area (Å²) in [7, 11) is 0. The molecule has 0 amide bonds. The second-order valence-corrected chi connectivity index (χ2v) is 10.0. The summed E-state index contributed by atoms with van der Waals surface area (Å²) in [5.74, 6) is 0. The van der Waals surface area contributed by atoms with Crippen LogP contribution in [-0.2, 0) is 11.8 Å². The monoisotopic (exact) mass is 388 g/mol. The Morgan fingerprint density at radius 2 is 1.48 bits per heavy atom. The van der Waals surface area contributed by atoms with E-state index in [1.807, 2.05) is 11.3 Å². The van der Waals surface area contributed by atoms with Crippen molar-refractivity contribution in [3.63, 3.8) is 0 Å². The van der Waals surface area contributed by atoms with Crippen molar-refractivity contribution in [1.29, 1.82) is 0 Å². The van der Waals surface area contributed by atoms with Crippen molar-refractivity contribution in [3.05, 3.63) is 95.1 Å². The van der Waals surface area contributed by atoms with Gasteiger partial charge in [0.25, 0.3) is 0 Å². The second-order valence-electron chi connectivity index (χ2n) is 8.98. The normalized spacial score (nSPS) is 15.4. The van der Waals surface area contributed by atoms with Gasteiger partial charge >= 0.3 is 0 Å². The van der Waals surface area contributed by atoms with Gasteiger partial charge in [-0.25, -0.2) is 0 Å². The lowest BCUT2D eigenvalue weighted by molar-refractivity contribution is 0.667. The summed E-state index contributed by atoms with van der Waals surface area (Å²) >= 11 is 1.98. The van der Waals surface area contributed by atoms with E-state index in [1.165, 1.54) is 64.7 Å². The van der Waals surface area contributed by atoms with Crippen LogP contribution in [0.2, 0.25) is 0 Å². The molecule has 0 fully saturated rings. The van der Waals surface area contributed by atoms with Crippen LogP contribution in [0.3, 0.4) is 0 Å². The zero-order chi connectivity index (χ0) is 19.3. The highest BCUT2D eigenvalue weighted by Crippen LogP contribution is 2.54. The van der Waals surface area contributed by atoms with E-state index in [-0.39, 0.29) is 5.41 Å². The maximum Gasteiger partial charge on any atom is 0.0402 e. The van der Waals surface area contributed by atoms with Crippen molar-refractivity contribution in [2.45, 2.75) is 25.7 Å². The minimum Gasteiger partial charge on any atom is -0.135 e. The second kappa shape index (κ2) is 5.17. The lowest BCUT2D eigenvalue weighted by Crippen LogP contribution is -2.14. The van der Waals surface area contributed by atoms with Gasteiger partial charge in [0.15, 0.2) is 0 Å². The fourth-order valence-corrected chi connectivity index (χ4v) is 7.14. The molecule has 0 unspecified atom stereocenters. The molecule has 1 heteroatoms. The number of rotatable bonds is 0. The molecule has 0 saturated carbocycles. The summed E-state index contributed by atoms with van der Waals surface area (Å²) in [5, 5.41) is 2.84. The molecule has 0 spiro atoms. The molecule has 1 aromatic heterocycles. The van der Waals surface area contributed by atoms with Gasteiger partial charge in [0.1, 0.15) is 0 Å². The van der Waals surface area contributed by atoms with E-state index in [0.717, 1.165) is 6.42 Å². The summed E-state index contributed by atoms with van der Waals surface area (Å²) in [6.07, 6.45) is 1.06. The lowest BCUT2D eigenvalue weighted by atomic mass is 9.82. The van der Waals surface area contributed by atoms with Gasteiger partial charge in [-0.05, 0) is 63.1 Å². The first kappa shape index (κ1) is 16.0. The van der Waals surface area contributed by atoms with Gasteiger partial charge in [-0.3, -0.25) is 0 Å². The van der Waals surface area contributed by atoms with Crippen LogP contribution in [0, 0.1) is 0 Å². The maximum atomic E-state index is 2.46. The fraction of sp³-hybridized carbons (Fsp3) is 0.143. The van der Waals surface area contributed by atoms with Crippen LogP contribution in [0.4, 0.5) is 0 Å². The zero-order valence-corrected chi connectivity index (χ0v) is 17.4. The molecule has 7 rings (SSSR count). The molecule has 5 aromatic rings. The van der Waals surface area contributed by atoms with Crippen LogP contribution in [0.5, 0.6) is 0 Å². The van der Waals surface area contributed by atoms with Gasteiger partial charge in [-0.15, -0.1) is 11.3 Å². The highest BCUT2D eigenvalue weighted by Gasteiger charge is 2.37. The first-order chi connectivity index (χ1) is 14.1. The van der Waals surface area contributed by atoms with E-state index >= 15 is 0 Å². The Morgan fingerprint density at radius 3 is 2.38 bits per heavy atom. The van der Waals surface area contributed by atoms with Crippen LogP contribution < -0.4 is 0 Å². The number of benzene rings is 4. The molecule has 1 heterocycles. The Balaban J connectivity index is 1.56. The van der Waals surface area contributed by atoms with Crippen molar-refractivity contribution in [2.75, 3.05) is 0 Å². The molecule has 0 nitrogen and oxygen atoms in total. The van der Waals surface area contributed by atoms with Crippen molar-refractivity contribution in [1.82, 2.24) is 0 Å². The third-order valence-corrected chi connectivity index (χ3v) is 8.26. The van der Waals surface area contributed by atoms with Gasteiger partial charge in [0.2, 0.25) is 0 Å². The lowest BCUT2D eigenvalue weighted by Gasteiger charge is -2.22. The fourth-order valence-electron chi connectivity index (χ4n) is 5.71. The summed E-state index contributed by atoms with van der Waals surface area (Å²) in [6.45, 7) is 4.77. The Bertz CT molecular complexity index is 1500. The zero-order valence-electron chi connectivity index (χ0n) is 16.5. The number of thiophene rings is 1. The smallest absolute Gasteiger partial charge is 0.0402 e. The Morgan fingerprint density at radius 1 is 0.690 bits per heavy atom. The van der Waals surface area contributed by atoms with E-state index in [4.69, 9.17) is 0 Å². The van der Waals surface area contributed by atoms with Gasteiger partial charge in [0.05, 0.1) is 0 Å². The molecule has 4 aromatic carbocycles. The molecular weight excluding hydrogens is 368 g/mol. The van der Waals surface area contributed by atoms with Crippen molar-refractivity contribution in [3.8, 4) is 22.3 Å². The number of hydrogen-bond donors (Lipinski definition) is 0. The van der Waals surface area contributed by atoms with Gasteiger partial charge in [0, 0.05) is 25.6 Å². The topological polar surface area (TPSA) is 0 Å². The minimum absolute atomic E-state index is 0.0433. The maximum absolute atomic E-state index is 2.46. The van der Waals surface area contributed by atoms with E-state index in [9.17, 15) is 0 Å². The van der Waals surface area contributed by atoms with E-state index in [1.54, 1.807) is 0 Å². The molecule has 0 bridgehead atoms. The average molecular weight is 389 g/mol. The van der Waals surface area contributed by atoms with Crippen LogP contribution in [0.1, 0.15) is 36.1 Å². The largest absolute Gasteiger partial charge is 0.135 e. The third kappa shape index (κ3) is 1.89. The first-order valence-electron chi connectivity index (χ1n) is 10.3. The van der Waals surface area contributed by atoms with Gasteiger partial charge in [-0.1, -0.05) is 74.5 Å². The molecule has 0 radical (unpaired) electrons. The molecule has 2 aliphatic carbocycles. The van der Waals surface area contributed by atoms with Gasteiger partial charge in [-0.2, -0.15) is 0 Å². The Kier molecular flexibility index (Phi) is 2.85. The standard InChI is InChI=1S/C28H20S/c1-28(2)24-10-6-5-9-19(24)20-11-12-21-23-14-17-13-16-7-3-4-8-18(16)22(17)15-25(23)29-27(21)26(20)28/h3-12,14-15H,13H2,1-2H3. The average Bonchev–Trinajstić information content (AvgIpc) is 3.35. The molecule has 0 atom stereocenters. The summed E-state index contributed by atoms with van der Waals surface area (Å²) in [5.41, 5.74) is 11.6. The highest BCUT2D eigenvalue weighted by atomic mass is 32.1. The predicted molar refractivity (Wildman–Crippen MR) is 125 cm³/mol. The van der Waals surface area contributed by atoms with E-state index < -0.39 is 0 Å². The molecule has 0 aliphatic heterocycles. The SMILES string of the molecule is CC1(C)c2ccccc2-c2ccc3c(sc4cc5c(cc43)Cc3ccccc3-5)c21. The van der Waals surface area contributed by atoms with Crippen molar-refractivity contribution in [2.24, 2.45) is 0 Å². The van der Waals surface area contributed by atoms with E-state index in [0.29, 0.717) is 0 Å². The third-order valence-electron chi connectivity index (χ3n) is 7.07. The predicted octanol–water partition coefficient (Wildman–Crippen LogP) is 7.93. The van der Waals surface area contributed by atoms with Crippen molar-refractivity contribution >= 4 is 31.5 Å². The van der Waals surface area contributed by atoms with Crippen molar-refractivity contribution < 1.29 is 0 Å². The van der Waals surface area contributed by atoms with Crippen LogP contribution in [-0.4, -0.2) is 0 Å². The molecule has 138 valence electrons. The van der Waals surface area contributed by atoms with Gasteiger partial charge < -0.3 is 0 Å².